The Labute approximate surface area is 95.3 Å². The topological polar surface area (TPSA) is 43.0 Å². The summed E-state index contributed by atoms with van der Waals surface area (Å²) < 4.78 is 7.29. The molecule has 4 heteroatoms. The molecule has 2 heterocycles. The van der Waals surface area contributed by atoms with Gasteiger partial charge in [0.2, 0.25) is 0 Å². The van der Waals surface area contributed by atoms with E-state index in [0.29, 0.717) is 0 Å². The van der Waals surface area contributed by atoms with Crippen molar-refractivity contribution in [2.75, 3.05) is 7.05 Å². The lowest BCUT2D eigenvalue weighted by molar-refractivity contribution is 0.540. The molecule has 2 aromatic heterocycles. The van der Waals surface area contributed by atoms with Gasteiger partial charge in [0.1, 0.15) is 5.82 Å². The minimum atomic E-state index is 0.0975. The summed E-state index contributed by atoms with van der Waals surface area (Å²) >= 11 is 0. The Balaban J connectivity index is 2.30. The summed E-state index contributed by atoms with van der Waals surface area (Å²) in [5.41, 5.74) is 1.10. The van der Waals surface area contributed by atoms with Crippen molar-refractivity contribution < 1.29 is 4.42 Å². The first-order valence-corrected chi connectivity index (χ1v) is 5.57. The van der Waals surface area contributed by atoms with E-state index in [0.717, 1.165) is 24.4 Å². The summed E-state index contributed by atoms with van der Waals surface area (Å²) in [4.78, 5) is 4.42. The SMILES string of the molecule is CCCn1ccnc1C(NC)c1ccoc1. The maximum absolute atomic E-state index is 5.12. The Kier molecular flexibility index (Phi) is 3.41. The van der Waals surface area contributed by atoms with Gasteiger partial charge < -0.3 is 14.3 Å². The summed E-state index contributed by atoms with van der Waals surface area (Å²) in [5, 5.41) is 3.26. The molecule has 1 atom stereocenters. The lowest BCUT2D eigenvalue weighted by Gasteiger charge is -2.15. The fraction of sp³-hybridized carbons (Fsp3) is 0.417. The van der Waals surface area contributed by atoms with E-state index in [4.69, 9.17) is 4.42 Å². The van der Waals surface area contributed by atoms with E-state index in [1.54, 1.807) is 12.5 Å². The van der Waals surface area contributed by atoms with Gasteiger partial charge in [-0.25, -0.2) is 4.98 Å². The zero-order valence-electron chi connectivity index (χ0n) is 9.68. The summed E-state index contributed by atoms with van der Waals surface area (Å²) in [7, 11) is 1.93. The van der Waals surface area contributed by atoms with Crippen LogP contribution in [0.25, 0.3) is 0 Å². The molecular weight excluding hydrogens is 202 g/mol. The number of aryl methyl sites for hydroxylation is 1. The number of imidazole rings is 1. The molecule has 1 unspecified atom stereocenters. The largest absolute Gasteiger partial charge is 0.472 e. The molecule has 0 amide bonds. The molecule has 0 saturated carbocycles. The van der Waals surface area contributed by atoms with Crippen LogP contribution in [0.5, 0.6) is 0 Å². The molecule has 0 aliphatic rings. The van der Waals surface area contributed by atoms with Crippen molar-refractivity contribution >= 4 is 0 Å². The van der Waals surface area contributed by atoms with Gasteiger partial charge in [-0.1, -0.05) is 6.92 Å². The minimum Gasteiger partial charge on any atom is -0.472 e. The van der Waals surface area contributed by atoms with Crippen molar-refractivity contribution in [2.45, 2.75) is 25.9 Å². The van der Waals surface area contributed by atoms with Crippen LogP contribution in [0.1, 0.15) is 30.8 Å². The lowest BCUT2D eigenvalue weighted by atomic mass is 10.1. The van der Waals surface area contributed by atoms with E-state index in [9.17, 15) is 0 Å². The quantitative estimate of drug-likeness (QED) is 0.838. The maximum atomic E-state index is 5.12. The van der Waals surface area contributed by atoms with Gasteiger partial charge >= 0.3 is 0 Å². The Bertz CT molecular complexity index is 419. The summed E-state index contributed by atoms with van der Waals surface area (Å²) in [6.07, 6.45) is 8.41. The van der Waals surface area contributed by atoms with Crippen LogP contribution < -0.4 is 5.32 Å². The molecule has 16 heavy (non-hydrogen) atoms. The zero-order valence-corrected chi connectivity index (χ0v) is 9.68. The lowest BCUT2D eigenvalue weighted by Crippen LogP contribution is -2.21. The fourth-order valence-corrected chi connectivity index (χ4v) is 1.90. The van der Waals surface area contributed by atoms with Gasteiger partial charge in [0, 0.05) is 24.5 Å². The van der Waals surface area contributed by atoms with E-state index in [1.165, 1.54) is 0 Å². The number of nitrogens with one attached hydrogen (secondary N) is 1. The second-order valence-corrected chi connectivity index (χ2v) is 3.76. The van der Waals surface area contributed by atoms with E-state index in [1.807, 2.05) is 25.5 Å². The monoisotopic (exact) mass is 219 g/mol. The first-order chi connectivity index (χ1) is 7.86. The van der Waals surface area contributed by atoms with Crippen molar-refractivity contribution in [3.8, 4) is 0 Å². The Morgan fingerprint density at radius 1 is 1.56 bits per heavy atom. The predicted molar refractivity (Wildman–Crippen MR) is 62.1 cm³/mol. The molecule has 1 N–H and O–H groups in total. The van der Waals surface area contributed by atoms with Gasteiger partial charge in [0.25, 0.3) is 0 Å². The van der Waals surface area contributed by atoms with Crippen LogP contribution in [-0.4, -0.2) is 16.6 Å². The third-order valence-corrected chi connectivity index (χ3v) is 2.64. The van der Waals surface area contributed by atoms with Crippen molar-refractivity contribution in [3.63, 3.8) is 0 Å². The van der Waals surface area contributed by atoms with Gasteiger partial charge in [-0.05, 0) is 19.5 Å². The molecule has 2 aromatic rings. The fourth-order valence-electron chi connectivity index (χ4n) is 1.90. The van der Waals surface area contributed by atoms with Crippen molar-refractivity contribution in [3.05, 3.63) is 42.4 Å². The van der Waals surface area contributed by atoms with Crippen LogP contribution in [0.2, 0.25) is 0 Å². The van der Waals surface area contributed by atoms with E-state index >= 15 is 0 Å². The first kappa shape index (κ1) is 11.0. The number of hydrogen-bond acceptors (Lipinski definition) is 3. The van der Waals surface area contributed by atoms with Crippen molar-refractivity contribution in [1.29, 1.82) is 0 Å². The minimum absolute atomic E-state index is 0.0975. The predicted octanol–water partition coefficient (Wildman–Crippen LogP) is 2.19. The van der Waals surface area contributed by atoms with Crippen LogP contribution in [0.3, 0.4) is 0 Å². The Hall–Kier alpha value is -1.55. The summed E-state index contributed by atoms with van der Waals surface area (Å²) in [5.74, 6) is 1.03. The summed E-state index contributed by atoms with van der Waals surface area (Å²) in [6, 6.07) is 2.06. The highest BCUT2D eigenvalue weighted by atomic mass is 16.3. The van der Waals surface area contributed by atoms with Crippen molar-refractivity contribution in [1.82, 2.24) is 14.9 Å². The zero-order chi connectivity index (χ0) is 11.4. The standard InChI is InChI=1S/C12H17N3O/c1-3-6-15-7-5-14-12(15)11(13-2)10-4-8-16-9-10/h4-5,7-9,11,13H,3,6H2,1-2H3. The van der Waals surface area contributed by atoms with E-state index in [2.05, 4.69) is 21.8 Å². The molecule has 0 aromatic carbocycles. The number of rotatable bonds is 5. The third kappa shape index (κ3) is 2.02. The molecule has 0 aliphatic carbocycles. The number of hydrogen-bond donors (Lipinski definition) is 1. The normalized spacial score (nSPS) is 12.9. The molecule has 2 rings (SSSR count). The highest BCUT2D eigenvalue weighted by molar-refractivity contribution is 5.20. The van der Waals surface area contributed by atoms with Gasteiger partial charge in [-0.3, -0.25) is 0 Å². The first-order valence-electron chi connectivity index (χ1n) is 5.57. The average molecular weight is 219 g/mol. The molecule has 4 nitrogen and oxygen atoms in total. The molecule has 0 spiro atoms. The van der Waals surface area contributed by atoms with Crippen LogP contribution in [0.4, 0.5) is 0 Å². The second kappa shape index (κ2) is 4.99. The molecule has 0 bridgehead atoms. The number of nitrogens with zero attached hydrogens (tertiary/aromatic N) is 2. The molecule has 0 saturated heterocycles. The Morgan fingerprint density at radius 2 is 2.44 bits per heavy atom. The van der Waals surface area contributed by atoms with Gasteiger partial charge in [0.05, 0.1) is 18.6 Å². The van der Waals surface area contributed by atoms with Crippen LogP contribution in [0, 0.1) is 0 Å². The smallest absolute Gasteiger partial charge is 0.130 e. The van der Waals surface area contributed by atoms with Gasteiger partial charge in [0.15, 0.2) is 0 Å². The molecule has 0 radical (unpaired) electrons. The van der Waals surface area contributed by atoms with Gasteiger partial charge in [-0.15, -0.1) is 0 Å². The van der Waals surface area contributed by atoms with Crippen LogP contribution in [-0.2, 0) is 6.54 Å². The second-order valence-electron chi connectivity index (χ2n) is 3.76. The summed E-state index contributed by atoms with van der Waals surface area (Å²) in [6.45, 7) is 3.15. The third-order valence-electron chi connectivity index (χ3n) is 2.64. The average Bonchev–Trinajstić information content (AvgIpc) is 2.92. The van der Waals surface area contributed by atoms with Gasteiger partial charge in [-0.2, -0.15) is 0 Å². The highest BCUT2D eigenvalue weighted by Crippen LogP contribution is 2.20. The van der Waals surface area contributed by atoms with E-state index < -0.39 is 0 Å². The molecule has 86 valence electrons. The maximum Gasteiger partial charge on any atom is 0.130 e. The molecule has 0 aliphatic heterocycles. The number of furan rings is 1. The number of aromatic nitrogens is 2. The van der Waals surface area contributed by atoms with Crippen LogP contribution in [0.15, 0.2) is 35.4 Å². The molecule has 0 fully saturated rings. The van der Waals surface area contributed by atoms with E-state index in [-0.39, 0.29) is 6.04 Å². The highest BCUT2D eigenvalue weighted by Gasteiger charge is 2.17. The Morgan fingerprint density at radius 3 is 3.06 bits per heavy atom. The van der Waals surface area contributed by atoms with Crippen LogP contribution >= 0.6 is 0 Å². The molecular formula is C12H17N3O. The van der Waals surface area contributed by atoms with Crippen molar-refractivity contribution in [2.24, 2.45) is 0 Å².